The molecule has 134 valence electrons. The third kappa shape index (κ3) is 5.26. The van der Waals surface area contributed by atoms with Gasteiger partial charge in [-0.2, -0.15) is 0 Å². The molecule has 1 fully saturated rings. The molecular formula is C18H28FN3O2. The second-order valence-electron chi connectivity index (χ2n) is 6.21. The Kier molecular flexibility index (Phi) is 7.15. The Hall–Kier alpha value is -1.50. The second-order valence-corrected chi connectivity index (χ2v) is 6.21. The molecule has 0 radical (unpaired) electrons. The van der Waals surface area contributed by atoms with E-state index in [4.69, 9.17) is 0 Å². The third-order valence-corrected chi connectivity index (χ3v) is 4.64. The number of halogens is 1. The molecule has 2 rings (SSSR count). The number of benzene rings is 1. The van der Waals surface area contributed by atoms with Crippen LogP contribution >= 0.6 is 0 Å². The number of carbonyl (C=O) groups excluding carboxylic acids is 1. The molecule has 0 aromatic heterocycles. The number of hydrogen-bond donors (Lipinski definition) is 1. The summed E-state index contributed by atoms with van der Waals surface area (Å²) in [5, 5.41) is 10.3. The van der Waals surface area contributed by atoms with Gasteiger partial charge in [0.25, 0.3) is 0 Å². The Bertz CT molecular complexity index is 529. The van der Waals surface area contributed by atoms with Gasteiger partial charge in [0.15, 0.2) is 0 Å². The minimum Gasteiger partial charge on any atom is -0.387 e. The summed E-state index contributed by atoms with van der Waals surface area (Å²) in [6, 6.07) is 6.08. The van der Waals surface area contributed by atoms with Gasteiger partial charge < -0.3 is 10.0 Å². The number of aliphatic hydroxyl groups is 1. The van der Waals surface area contributed by atoms with Gasteiger partial charge in [-0.25, -0.2) is 4.39 Å². The SMILES string of the molecule is CCN(CC)CC(=O)N1CCN(C[C@@H](O)c2cccc(F)c2)CC1. The van der Waals surface area contributed by atoms with Crippen molar-refractivity contribution in [1.82, 2.24) is 14.7 Å². The molecule has 6 heteroatoms. The van der Waals surface area contributed by atoms with Crippen LogP contribution in [0.2, 0.25) is 0 Å². The van der Waals surface area contributed by atoms with Gasteiger partial charge in [0.05, 0.1) is 12.6 Å². The highest BCUT2D eigenvalue weighted by Gasteiger charge is 2.23. The summed E-state index contributed by atoms with van der Waals surface area (Å²) in [5.74, 6) is -0.164. The van der Waals surface area contributed by atoms with Crippen molar-refractivity contribution in [2.75, 3.05) is 52.4 Å². The maximum atomic E-state index is 13.2. The zero-order valence-corrected chi connectivity index (χ0v) is 14.6. The van der Waals surface area contributed by atoms with Crippen LogP contribution in [-0.2, 0) is 4.79 Å². The van der Waals surface area contributed by atoms with Crippen LogP contribution in [0.25, 0.3) is 0 Å². The van der Waals surface area contributed by atoms with E-state index in [1.807, 2.05) is 4.90 Å². The van der Waals surface area contributed by atoms with Crippen molar-refractivity contribution < 1.29 is 14.3 Å². The van der Waals surface area contributed by atoms with Gasteiger partial charge in [-0.1, -0.05) is 26.0 Å². The Morgan fingerprint density at radius 2 is 1.92 bits per heavy atom. The molecule has 1 aliphatic rings. The molecule has 24 heavy (non-hydrogen) atoms. The van der Waals surface area contributed by atoms with E-state index < -0.39 is 6.10 Å². The Morgan fingerprint density at radius 3 is 2.50 bits per heavy atom. The molecule has 1 saturated heterocycles. The van der Waals surface area contributed by atoms with E-state index in [1.165, 1.54) is 12.1 Å². The third-order valence-electron chi connectivity index (χ3n) is 4.64. The molecule has 1 aromatic carbocycles. The van der Waals surface area contributed by atoms with Gasteiger partial charge in [-0.3, -0.25) is 14.6 Å². The fourth-order valence-electron chi connectivity index (χ4n) is 2.98. The lowest BCUT2D eigenvalue weighted by molar-refractivity contribution is -0.134. The summed E-state index contributed by atoms with van der Waals surface area (Å²) in [5.41, 5.74) is 0.593. The van der Waals surface area contributed by atoms with Gasteiger partial charge in [0.2, 0.25) is 5.91 Å². The number of piperazine rings is 1. The number of nitrogens with zero attached hydrogens (tertiary/aromatic N) is 3. The summed E-state index contributed by atoms with van der Waals surface area (Å²) in [7, 11) is 0. The fourth-order valence-corrected chi connectivity index (χ4v) is 2.98. The van der Waals surface area contributed by atoms with Crippen LogP contribution < -0.4 is 0 Å². The zero-order chi connectivity index (χ0) is 17.5. The van der Waals surface area contributed by atoms with Crippen LogP contribution in [0.5, 0.6) is 0 Å². The highest BCUT2D eigenvalue weighted by Crippen LogP contribution is 2.16. The average molecular weight is 337 g/mol. The minimum atomic E-state index is -0.710. The van der Waals surface area contributed by atoms with Gasteiger partial charge in [0.1, 0.15) is 5.82 Å². The average Bonchev–Trinajstić information content (AvgIpc) is 2.60. The van der Waals surface area contributed by atoms with Crippen LogP contribution in [0, 0.1) is 5.82 Å². The first-order valence-corrected chi connectivity index (χ1v) is 8.69. The lowest BCUT2D eigenvalue weighted by Crippen LogP contribution is -2.51. The van der Waals surface area contributed by atoms with Crippen molar-refractivity contribution in [2.24, 2.45) is 0 Å². The maximum absolute atomic E-state index is 13.2. The lowest BCUT2D eigenvalue weighted by Gasteiger charge is -2.36. The molecule has 1 aliphatic heterocycles. The first-order chi connectivity index (χ1) is 11.5. The Morgan fingerprint density at radius 1 is 1.25 bits per heavy atom. The second kappa shape index (κ2) is 9.11. The first-order valence-electron chi connectivity index (χ1n) is 8.69. The van der Waals surface area contributed by atoms with E-state index in [0.717, 1.165) is 26.2 Å². The molecule has 5 nitrogen and oxygen atoms in total. The number of likely N-dealkylation sites (N-methyl/N-ethyl adjacent to an activating group) is 1. The molecule has 1 atom stereocenters. The quantitative estimate of drug-likeness (QED) is 0.816. The molecule has 0 spiro atoms. The standard InChI is InChI=1S/C18H28FN3O2/c1-3-20(4-2)14-18(24)22-10-8-21(9-11-22)13-17(23)15-6-5-7-16(19)12-15/h5-7,12,17,23H,3-4,8-11,13-14H2,1-2H3/t17-/m1/s1. The first kappa shape index (κ1) is 18.8. The molecule has 0 aliphatic carbocycles. The van der Waals surface area contributed by atoms with Gasteiger partial charge in [-0.15, -0.1) is 0 Å². The Balaban J connectivity index is 1.79. The van der Waals surface area contributed by atoms with Crippen molar-refractivity contribution in [2.45, 2.75) is 20.0 Å². The number of hydrogen-bond acceptors (Lipinski definition) is 4. The van der Waals surface area contributed by atoms with Crippen LogP contribution in [-0.4, -0.2) is 78.1 Å². The van der Waals surface area contributed by atoms with Crippen molar-refractivity contribution in [1.29, 1.82) is 0 Å². The number of amides is 1. The molecule has 1 heterocycles. The molecule has 0 saturated carbocycles. The van der Waals surface area contributed by atoms with Crippen molar-refractivity contribution in [3.8, 4) is 0 Å². The summed E-state index contributed by atoms with van der Waals surface area (Å²) in [4.78, 5) is 18.4. The summed E-state index contributed by atoms with van der Waals surface area (Å²) in [6.45, 7) is 9.62. The van der Waals surface area contributed by atoms with Crippen LogP contribution in [0.3, 0.4) is 0 Å². The van der Waals surface area contributed by atoms with E-state index in [0.29, 0.717) is 31.7 Å². The smallest absolute Gasteiger partial charge is 0.236 e. The number of rotatable bonds is 7. The van der Waals surface area contributed by atoms with E-state index in [-0.39, 0.29) is 11.7 Å². The van der Waals surface area contributed by atoms with Crippen molar-refractivity contribution >= 4 is 5.91 Å². The summed E-state index contributed by atoms with van der Waals surface area (Å²) in [6.07, 6.45) is -0.710. The van der Waals surface area contributed by atoms with Crippen molar-refractivity contribution in [3.63, 3.8) is 0 Å². The minimum absolute atomic E-state index is 0.170. The topological polar surface area (TPSA) is 47.0 Å². The fraction of sp³-hybridized carbons (Fsp3) is 0.611. The number of β-amino-alcohol motifs (C(OH)–C–C–N with tert-alkyl or cyclic N) is 1. The Labute approximate surface area is 143 Å². The van der Waals surface area contributed by atoms with E-state index in [9.17, 15) is 14.3 Å². The van der Waals surface area contributed by atoms with Gasteiger partial charge >= 0.3 is 0 Å². The highest BCUT2D eigenvalue weighted by molar-refractivity contribution is 5.78. The lowest BCUT2D eigenvalue weighted by atomic mass is 10.1. The van der Waals surface area contributed by atoms with Crippen LogP contribution in [0.15, 0.2) is 24.3 Å². The van der Waals surface area contributed by atoms with Crippen molar-refractivity contribution in [3.05, 3.63) is 35.6 Å². The molecule has 1 amide bonds. The predicted octanol–water partition coefficient (Wildman–Crippen LogP) is 1.35. The van der Waals surface area contributed by atoms with E-state index >= 15 is 0 Å². The van der Waals surface area contributed by atoms with Crippen LogP contribution in [0.1, 0.15) is 25.5 Å². The largest absolute Gasteiger partial charge is 0.387 e. The summed E-state index contributed by atoms with van der Waals surface area (Å²) >= 11 is 0. The van der Waals surface area contributed by atoms with Gasteiger partial charge in [-0.05, 0) is 30.8 Å². The van der Waals surface area contributed by atoms with Crippen LogP contribution in [0.4, 0.5) is 4.39 Å². The number of aliphatic hydroxyl groups excluding tert-OH is 1. The monoisotopic (exact) mass is 337 g/mol. The maximum Gasteiger partial charge on any atom is 0.236 e. The number of carbonyl (C=O) groups is 1. The van der Waals surface area contributed by atoms with E-state index in [1.54, 1.807) is 12.1 Å². The zero-order valence-electron chi connectivity index (χ0n) is 14.6. The highest BCUT2D eigenvalue weighted by atomic mass is 19.1. The normalized spacial score (nSPS) is 17.3. The van der Waals surface area contributed by atoms with E-state index in [2.05, 4.69) is 23.6 Å². The molecule has 0 unspecified atom stereocenters. The molecule has 1 aromatic rings. The molecule has 1 N–H and O–H groups in total. The molecular weight excluding hydrogens is 309 g/mol. The summed E-state index contributed by atoms with van der Waals surface area (Å²) < 4.78 is 13.2. The predicted molar refractivity (Wildman–Crippen MR) is 92.2 cm³/mol. The molecule has 0 bridgehead atoms. The van der Waals surface area contributed by atoms with Gasteiger partial charge in [0, 0.05) is 32.7 Å².